The lowest BCUT2D eigenvalue weighted by molar-refractivity contribution is -0.142. The van der Waals surface area contributed by atoms with E-state index in [2.05, 4.69) is 21.2 Å². The second kappa shape index (κ2) is 7.28. The molecule has 0 saturated heterocycles. The van der Waals surface area contributed by atoms with E-state index < -0.39 is 11.9 Å². The van der Waals surface area contributed by atoms with Crippen molar-refractivity contribution in [2.24, 2.45) is 5.92 Å². The minimum atomic E-state index is -0.904. The first-order chi connectivity index (χ1) is 8.91. The third-order valence-electron chi connectivity index (χ3n) is 3.11. The van der Waals surface area contributed by atoms with E-state index in [1.807, 2.05) is 24.3 Å². The Morgan fingerprint density at radius 2 is 1.95 bits per heavy atom. The topological polar surface area (TPSA) is 66.4 Å². The maximum atomic E-state index is 11.7. The van der Waals surface area contributed by atoms with Gasteiger partial charge in [-0.15, -0.1) is 0 Å². The smallest absolute Gasteiger partial charge is 0.308 e. The highest BCUT2D eigenvalue weighted by Gasteiger charge is 2.20. The number of carbonyl (C=O) groups is 2. The molecule has 4 nitrogen and oxygen atoms in total. The number of carboxylic acid groups (broad SMARTS) is 1. The number of aliphatic carboxylic acids is 1. The molecule has 0 fully saturated rings. The average Bonchev–Trinajstić information content (AvgIpc) is 2.36. The fraction of sp³-hybridized carbons (Fsp3) is 0.429. The predicted molar refractivity (Wildman–Crippen MR) is 76.9 cm³/mol. The van der Waals surface area contributed by atoms with Gasteiger partial charge in [-0.05, 0) is 31.9 Å². The zero-order chi connectivity index (χ0) is 14.4. The molecule has 0 spiro atoms. The van der Waals surface area contributed by atoms with Crippen LogP contribution in [0, 0.1) is 5.92 Å². The van der Waals surface area contributed by atoms with Gasteiger partial charge in [-0.1, -0.05) is 34.1 Å². The van der Waals surface area contributed by atoms with Gasteiger partial charge < -0.3 is 10.4 Å². The lowest BCUT2D eigenvalue weighted by atomic mass is 10.0. The number of amides is 1. The first kappa shape index (κ1) is 15.7. The number of hydrogen-bond acceptors (Lipinski definition) is 2. The summed E-state index contributed by atoms with van der Waals surface area (Å²) in [6, 6.07) is 7.37. The standard InChI is InChI=1S/C14H18BrNO3/c1-9(14(18)19)10(2)16-13(17)8-7-11-5-3-4-6-12(11)15/h3-6,9-10H,7-8H2,1-2H3,(H,16,17)(H,18,19). The molecule has 0 radical (unpaired) electrons. The lowest BCUT2D eigenvalue weighted by Gasteiger charge is -2.17. The largest absolute Gasteiger partial charge is 0.481 e. The molecule has 2 atom stereocenters. The van der Waals surface area contributed by atoms with E-state index in [1.165, 1.54) is 0 Å². The SMILES string of the molecule is CC(NC(=O)CCc1ccccc1Br)C(C)C(=O)O. The zero-order valence-electron chi connectivity index (χ0n) is 11.0. The highest BCUT2D eigenvalue weighted by atomic mass is 79.9. The van der Waals surface area contributed by atoms with Crippen molar-refractivity contribution in [1.82, 2.24) is 5.32 Å². The van der Waals surface area contributed by atoms with Gasteiger partial charge in [-0.3, -0.25) is 9.59 Å². The molecule has 19 heavy (non-hydrogen) atoms. The van der Waals surface area contributed by atoms with Crippen molar-refractivity contribution in [2.45, 2.75) is 32.7 Å². The number of nitrogens with one attached hydrogen (secondary N) is 1. The summed E-state index contributed by atoms with van der Waals surface area (Å²) in [4.78, 5) is 22.5. The second-order valence-corrected chi connectivity index (χ2v) is 5.43. The first-order valence-electron chi connectivity index (χ1n) is 6.17. The van der Waals surface area contributed by atoms with Crippen molar-refractivity contribution in [3.63, 3.8) is 0 Å². The normalized spacial score (nSPS) is 13.6. The number of halogens is 1. The van der Waals surface area contributed by atoms with Crippen LogP contribution in [0.2, 0.25) is 0 Å². The van der Waals surface area contributed by atoms with E-state index in [-0.39, 0.29) is 11.9 Å². The Hall–Kier alpha value is -1.36. The summed E-state index contributed by atoms with van der Waals surface area (Å²) in [6.45, 7) is 3.29. The number of benzene rings is 1. The summed E-state index contributed by atoms with van der Waals surface area (Å²) in [6.07, 6.45) is 0.973. The molecule has 0 aromatic heterocycles. The van der Waals surface area contributed by atoms with Gasteiger partial charge in [0.05, 0.1) is 5.92 Å². The Morgan fingerprint density at radius 3 is 2.53 bits per heavy atom. The van der Waals surface area contributed by atoms with Gasteiger partial charge in [0.15, 0.2) is 0 Å². The lowest BCUT2D eigenvalue weighted by Crippen LogP contribution is -2.40. The quantitative estimate of drug-likeness (QED) is 0.844. The number of aryl methyl sites for hydroxylation is 1. The zero-order valence-corrected chi connectivity index (χ0v) is 12.6. The summed E-state index contributed by atoms with van der Waals surface area (Å²) in [5, 5.41) is 11.6. The van der Waals surface area contributed by atoms with Crippen molar-refractivity contribution in [2.75, 3.05) is 0 Å². The van der Waals surface area contributed by atoms with Gasteiger partial charge in [0.25, 0.3) is 0 Å². The highest BCUT2D eigenvalue weighted by molar-refractivity contribution is 9.10. The van der Waals surface area contributed by atoms with Crippen LogP contribution >= 0.6 is 15.9 Å². The van der Waals surface area contributed by atoms with E-state index in [1.54, 1.807) is 13.8 Å². The fourth-order valence-electron chi connectivity index (χ4n) is 1.61. The van der Waals surface area contributed by atoms with E-state index in [0.717, 1.165) is 10.0 Å². The molecule has 2 unspecified atom stereocenters. The molecule has 104 valence electrons. The van der Waals surface area contributed by atoms with E-state index in [0.29, 0.717) is 12.8 Å². The van der Waals surface area contributed by atoms with Crippen LogP contribution in [0.5, 0.6) is 0 Å². The molecule has 0 saturated carbocycles. The van der Waals surface area contributed by atoms with Gasteiger partial charge in [0.2, 0.25) is 5.91 Å². The van der Waals surface area contributed by atoms with Crippen LogP contribution < -0.4 is 5.32 Å². The van der Waals surface area contributed by atoms with Gasteiger partial charge in [-0.2, -0.15) is 0 Å². The van der Waals surface area contributed by atoms with Crippen LogP contribution in [0.4, 0.5) is 0 Å². The van der Waals surface area contributed by atoms with Crippen LogP contribution in [0.25, 0.3) is 0 Å². The minimum absolute atomic E-state index is 0.128. The molecule has 0 aliphatic heterocycles. The van der Waals surface area contributed by atoms with E-state index in [4.69, 9.17) is 5.11 Å². The number of carbonyl (C=O) groups excluding carboxylic acids is 1. The number of rotatable bonds is 6. The van der Waals surface area contributed by atoms with Crippen LogP contribution in [-0.2, 0) is 16.0 Å². The summed E-state index contributed by atoms with van der Waals surface area (Å²) < 4.78 is 0.981. The number of carboxylic acids is 1. The number of hydrogen-bond donors (Lipinski definition) is 2. The molecule has 1 amide bonds. The Morgan fingerprint density at radius 1 is 1.32 bits per heavy atom. The van der Waals surface area contributed by atoms with E-state index in [9.17, 15) is 9.59 Å². The minimum Gasteiger partial charge on any atom is -0.481 e. The molecule has 5 heteroatoms. The van der Waals surface area contributed by atoms with Gasteiger partial charge in [0, 0.05) is 16.9 Å². The molecule has 0 bridgehead atoms. The Balaban J connectivity index is 2.44. The fourth-order valence-corrected chi connectivity index (χ4v) is 2.10. The average molecular weight is 328 g/mol. The first-order valence-corrected chi connectivity index (χ1v) is 6.96. The maximum absolute atomic E-state index is 11.7. The molecular weight excluding hydrogens is 310 g/mol. The van der Waals surface area contributed by atoms with Crippen LogP contribution in [-0.4, -0.2) is 23.0 Å². The van der Waals surface area contributed by atoms with Crippen molar-refractivity contribution in [3.8, 4) is 0 Å². The third kappa shape index (κ3) is 5.03. The molecule has 2 N–H and O–H groups in total. The highest BCUT2D eigenvalue weighted by Crippen LogP contribution is 2.17. The molecule has 1 aromatic rings. The van der Waals surface area contributed by atoms with Crippen molar-refractivity contribution in [3.05, 3.63) is 34.3 Å². The van der Waals surface area contributed by atoms with Crippen molar-refractivity contribution < 1.29 is 14.7 Å². The van der Waals surface area contributed by atoms with Gasteiger partial charge >= 0.3 is 5.97 Å². The molecule has 0 aliphatic rings. The maximum Gasteiger partial charge on any atom is 0.308 e. The summed E-state index contributed by atoms with van der Waals surface area (Å²) >= 11 is 3.43. The second-order valence-electron chi connectivity index (χ2n) is 4.57. The van der Waals surface area contributed by atoms with Crippen molar-refractivity contribution in [1.29, 1.82) is 0 Å². The molecule has 1 aromatic carbocycles. The molecular formula is C14H18BrNO3. The Bertz CT molecular complexity index is 462. The Kier molecular flexibility index (Phi) is 6.02. The monoisotopic (exact) mass is 327 g/mol. The summed E-state index contributed by atoms with van der Waals surface area (Å²) in [5.74, 6) is -1.62. The molecule has 0 heterocycles. The summed E-state index contributed by atoms with van der Waals surface area (Å²) in [7, 11) is 0. The molecule has 0 aliphatic carbocycles. The van der Waals surface area contributed by atoms with Crippen LogP contribution in [0.3, 0.4) is 0 Å². The van der Waals surface area contributed by atoms with Gasteiger partial charge in [-0.25, -0.2) is 0 Å². The summed E-state index contributed by atoms with van der Waals surface area (Å²) in [5.41, 5.74) is 1.07. The molecule has 1 rings (SSSR count). The van der Waals surface area contributed by atoms with Crippen LogP contribution in [0.15, 0.2) is 28.7 Å². The van der Waals surface area contributed by atoms with Crippen LogP contribution in [0.1, 0.15) is 25.8 Å². The van der Waals surface area contributed by atoms with Gasteiger partial charge in [0.1, 0.15) is 0 Å². The Labute approximate surface area is 121 Å². The van der Waals surface area contributed by atoms with E-state index >= 15 is 0 Å². The third-order valence-corrected chi connectivity index (χ3v) is 3.88. The predicted octanol–water partition coefficient (Wildman–Crippen LogP) is 2.61. The van der Waals surface area contributed by atoms with Crippen molar-refractivity contribution >= 4 is 27.8 Å².